The lowest BCUT2D eigenvalue weighted by molar-refractivity contribution is 0.0686. The van der Waals surface area contributed by atoms with Crippen LogP contribution in [0.4, 0.5) is 0 Å². The molecule has 0 saturated carbocycles. The Morgan fingerprint density at radius 1 is 1.14 bits per heavy atom. The van der Waals surface area contributed by atoms with Crippen LogP contribution in [0.15, 0.2) is 53.1 Å². The lowest BCUT2D eigenvalue weighted by Gasteiger charge is -2.31. The highest BCUT2D eigenvalue weighted by molar-refractivity contribution is 5.95. The highest BCUT2D eigenvalue weighted by atomic mass is 16.5. The van der Waals surface area contributed by atoms with E-state index in [4.69, 9.17) is 9.26 Å². The van der Waals surface area contributed by atoms with Crippen LogP contribution in [0.1, 0.15) is 34.7 Å². The molecule has 0 unspecified atom stereocenters. The molecule has 4 rings (SSSR count). The van der Waals surface area contributed by atoms with Gasteiger partial charge in [0.15, 0.2) is 0 Å². The van der Waals surface area contributed by atoms with Crippen molar-refractivity contribution in [1.82, 2.24) is 15.0 Å². The maximum atomic E-state index is 12.8. The Hall–Kier alpha value is -3.15. The quantitative estimate of drug-likeness (QED) is 0.654. The summed E-state index contributed by atoms with van der Waals surface area (Å²) in [6.45, 7) is 3.50. The number of likely N-dealkylation sites (tertiary alicyclic amines) is 1. The molecule has 0 atom stereocenters. The summed E-state index contributed by atoms with van der Waals surface area (Å²) < 4.78 is 10.6. The normalized spacial score (nSPS) is 14.8. The topological polar surface area (TPSA) is 68.5 Å². The van der Waals surface area contributed by atoms with Gasteiger partial charge in [-0.15, -0.1) is 0 Å². The average molecular weight is 391 g/mol. The monoisotopic (exact) mass is 391 g/mol. The molecule has 6 nitrogen and oxygen atoms in total. The number of hydrogen-bond donors (Lipinski definition) is 0. The number of carbonyl (C=O) groups is 1. The van der Waals surface area contributed by atoms with Gasteiger partial charge < -0.3 is 14.2 Å². The molecule has 29 heavy (non-hydrogen) atoms. The molecule has 0 aliphatic carbocycles. The summed E-state index contributed by atoms with van der Waals surface area (Å²) in [5, 5.41) is 4.11. The van der Waals surface area contributed by atoms with Crippen molar-refractivity contribution in [3.8, 4) is 17.1 Å². The first kappa shape index (κ1) is 19.2. The van der Waals surface area contributed by atoms with Crippen molar-refractivity contribution in [1.29, 1.82) is 0 Å². The molecule has 6 heteroatoms. The molecular formula is C23H25N3O3. The molecule has 2 aromatic carbocycles. The molecule has 0 N–H and O–H groups in total. The van der Waals surface area contributed by atoms with Crippen LogP contribution in [0.5, 0.6) is 5.75 Å². The minimum absolute atomic E-state index is 0.126. The highest BCUT2D eigenvalue weighted by Gasteiger charge is 2.26. The molecule has 1 amide bonds. The number of aromatic nitrogens is 2. The molecule has 0 radical (unpaired) electrons. The summed E-state index contributed by atoms with van der Waals surface area (Å²) in [6.07, 6.45) is 2.63. The largest absolute Gasteiger partial charge is 0.497 e. The fourth-order valence-electron chi connectivity index (χ4n) is 3.77. The van der Waals surface area contributed by atoms with Gasteiger partial charge in [-0.05, 0) is 61.6 Å². The van der Waals surface area contributed by atoms with E-state index in [0.717, 1.165) is 54.8 Å². The van der Waals surface area contributed by atoms with Gasteiger partial charge in [0, 0.05) is 30.6 Å². The van der Waals surface area contributed by atoms with Crippen LogP contribution >= 0.6 is 0 Å². The van der Waals surface area contributed by atoms with Crippen LogP contribution in [0.3, 0.4) is 0 Å². The Morgan fingerprint density at radius 3 is 2.55 bits per heavy atom. The van der Waals surface area contributed by atoms with Crippen molar-refractivity contribution < 1.29 is 14.1 Å². The van der Waals surface area contributed by atoms with E-state index in [0.29, 0.717) is 17.6 Å². The second kappa shape index (κ2) is 8.47. The predicted octanol–water partition coefficient (Wildman–Crippen LogP) is 4.15. The summed E-state index contributed by atoms with van der Waals surface area (Å²) >= 11 is 0. The van der Waals surface area contributed by atoms with Gasteiger partial charge in [0.1, 0.15) is 5.75 Å². The minimum Gasteiger partial charge on any atom is -0.497 e. The Kier molecular flexibility index (Phi) is 5.60. The van der Waals surface area contributed by atoms with Crippen LogP contribution in [0.25, 0.3) is 11.4 Å². The first-order chi connectivity index (χ1) is 14.1. The number of methoxy groups -OCH3 is 1. The van der Waals surface area contributed by atoms with E-state index in [-0.39, 0.29) is 5.91 Å². The Morgan fingerprint density at radius 2 is 1.86 bits per heavy atom. The number of piperidine rings is 1. The second-order valence-corrected chi connectivity index (χ2v) is 7.49. The molecule has 1 aromatic heterocycles. The molecule has 1 saturated heterocycles. The first-order valence-electron chi connectivity index (χ1n) is 9.96. The zero-order chi connectivity index (χ0) is 20.2. The third-order valence-corrected chi connectivity index (χ3v) is 5.56. The van der Waals surface area contributed by atoms with E-state index in [2.05, 4.69) is 10.1 Å². The van der Waals surface area contributed by atoms with Gasteiger partial charge in [0.05, 0.1) is 7.11 Å². The van der Waals surface area contributed by atoms with Crippen molar-refractivity contribution in [2.75, 3.05) is 20.2 Å². The van der Waals surface area contributed by atoms with Gasteiger partial charge in [-0.2, -0.15) is 4.98 Å². The Balaban J connectivity index is 1.33. The fraction of sp³-hybridized carbons (Fsp3) is 0.348. The third kappa shape index (κ3) is 4.31. The molecule has 1 aliphatic heterocycles. The number of ether oxygens (including phenoxy) is 1. The second-order valence-electron chi connectivity index (χ2n) is 7.49. The number of hydrogen-bond acceptors (Lipinski definition) is 5. The third-order valence-electron chi connectivity index (χ3n) is 5.56. The van der Waals surface area contributed by atoms with E-state index in [9.17, 15) is 4.79 Å². The number of aryl methyl sites for hydroxylation is 1. The van der Waals surface area contributed by atoms with Crippen molar-refractivity contribution in [2.45, 2.75) is 26.2 Å². The molecule has 0 bridgehead atoms. The summed E-state index contributed by atoms with van der Waals surface area (Å²) in [4.78, 5) is 19.3. The molecule has 150 valence electrons. The fourth-order valence-corrected chi connectivity index (χ4v) is 3.77. The van der Waals surface area contributed by atoms with E-state index < -0.39 is 0 Å². The molecular weight excluding hydrogens is 366 g/mol. The number of benzene rings is 2. The highest BCUT2D eigenvalue weighted by Crippen LogP contribution is 2.25. The van der Waals surface area contributed by atoms with Crippen LogP contribution in [0.2, 0.25) is 0 Å². The summed E-state index contributed by atoms with van der Waals surface area (Å²) in [6, 6.07) is 15.4. The van der Waals surface area contributed by atoms with Crippen molar-refractivity contribution >= 4 is 5.91 Å². The van der Waals surface area contributed by atoms with E-state index in [1.165, 1.54) is 0 Å². The van der Waals surface area contributed by atoms with Gasteiger partial charge >= 0.3 is 0 Å². The van der Waals surface area contributed by atoms with E-state index in [1.54, 1.807) is 7.11 Å². The molecule has 0 spiro atoms. The predicted molar refractivity (Wildman–Crippen MR) is 110 cm³/mol. The standard InChI is InChI=1S/C23H25N3O3/c1-16-5-3-4-6-20(16)23(27)26-13-11-17(12-14-26)15-21-24-22(25-29-21)18-7-9-19(28-2)10-8-18/h3-10,17H,11-15H2,1-2H3. The SMILES string of the molecule is COc1ccc(-c2noc(CC3CCN(C(=O)c4ccccc4C)CC3)n2)cc1. The van der Waals surface area contributed by atoms with Crippen LogP contribution < -0.4 is 4.74 Å². The van der Waals surface area contributed by atoms with Crippen LogP contribution in [-0.2, 0) is 6.42 Å². The maximum absolute atomic E-state index is 12.8. The average Bonchev–Trinajstić information content (AvgIpc) is 3.23. The zero-order valence-electron chi connectivity index (χ0n) is 16.8. The summed E-state index contributed by atoms with van der Waals surface area (Å²) in [5.41, 5.74) is 2.72. The minimum atomic E-state index is 0.126. The molecule has 3 aromatic rings. The lowest BCUT2D eigenvalue weighted by atomic mass is 9.93. The van der Waals surface area contributed by atoms with Crippen LogP contribution in [0, 0.1) is 12.8 Å². The number of amides is 1. The molecule has 1 aliphatic rings. The van der Waals surface area contributed by atoms with Gasteiger partial charge in [-0.3, -0.25) is 4.79 Å². The summed E-state index contributed by atoms with van der Waals surface area (Å²) in [7, 11) is 1.64. The smallest absolute Gasteiger partial charge is 0.254 e. The van der Waals surface area contributed by atoms with Crippen LogP contribution in [-0.4, -0.2) is 41.1 Å². The van der Waals surface area contributed by atoms with Crippen molar-refractivity contribution in [3.05, 3.63) is 65.5 Å². The Bertz CT molecular complexity index is 973. The van der Waals surface area contributed by atoms with Crippen molar-refractivity contribution in [3.63, 3.8) is 0 Å². The van der Waals surface area contributed by atoms with Gasteiger partial charge in [0.25, 0.3) is 5.91 Å². The number of nitrogens with zero attached hydrogens (tertiary/aromatic N) is 3. The summed E-state index contributed by atoms with van der Waals surface area (Å²) in [5.74, 6) is 2.61. The van der Waals surface area contributed by atoms with Gasteiger partial charge in [-0.1, -0.05) is 23.4 Å². The zero-order valence-corrected chi connectivity index (χ0v) is 16.8. The number of carbonyl (C=O) groups excluding carboxylic acids is 1. The Labute approximate surface area is 170 Å². The molecule has 1 fully saturated rings. The first-order valence-corrected chi connectivity index (χ1v) is 9.96. The molecule has 2 heterocycles. The lowest BCUT2D eigenvalue weighted by Crippen LogP contribution is -2.39. The van der Waals surface area contributed by atoms with Gasteiger partial charge in [-0.25, -0.2) is 0 Å². The number of rotatable bonds is 5. The van der Waals surface area contributed by atoms with Gasteiger partial charge in [0.2, 0.25) is 11.7 Å². The maximum Gasteiger partial charge on any atom is 0.254 e. The van der Waals surface area contributed by atoms with Crippen molar-refractivity contribution in [2.24, 2.45) is 5.92 Å². The van der Waals surface area contributed by atoms with E-state index in [1.807, 2.05) is 60.4 Å². The van der Waals surface area contributed by atoms with E-state index >= 15 is 0 Å².